The van der Waals surface area contributed by atoms with Gasteiger partial charge in [-0.15, -0.1) is 6.58 Å². The van der Waals surface area contributed by atoms with Crippen LogP contribution in [0.15, 0.2) is 12.7 Å². The van der Waals surface area contributed by atoms with E-state index < -0.39 is 0 Å². The van der Waals surface area contributed by atoms with Crippen LogP contribution in [0.5, 0.6) is 0 Å². The lowest BCUT2D eigenvalue weighted by Crippen LogP contribution is -2.43. The van der Waals surface area contributed by atoms with Gasteiger partial charge in [0.25, 0.3) is 0 Å². The zero-order valence-corrected chi connectivity index (χ0v) is 11.1. The quantitative estimate of drug-likeness (QED) is 0.641. The van der Waals surface area contributed by atoms with Crippen molar-refractivity contribution in [1.82, 2.24) is 15.5 Å². The molecule has 2 N–H and O–H groups in total. The van der Waals surface area contributed by atoms with E-state index in [4.69, 9.17) is 0 Å². The maximum Gasteiger partial charge on any atom is 0.237 e. The number of likely N-dealkylation sites (tertiary alicyclic amines) is 1. The van der Waals surface area contributed by atoms with Crippen LogP contribution in [0.1, 0.15) is 26.2 Å². The van der Waals surface area contributed by atoms with E-state index in [1.54, 1.807) is 13.0 Å². The summed E-state index contributed by atoms with van der Waals surface area (Å²) in [6.07, 6.45) is 4.32. The standard InChI is InChI=1S/C13H23N3O2/c1-3-7-15-13(18)11(2)14-8-6-12(17)16-9-4-5-10-16/h3,11,14H,1,4-10H2,2H3,(H,15,18). The molecule has 5 nitrogen and oxygen atoms in total. The van der Waals surface area contributed by atoms with Crippen LogP contribution >= 0.6 is 0 Å². The van der Waals surface area contributed by atoms with E-state index >= 15 is 0 Å². The molecule has 1 atom stereocenters. The number of nitrogens with one attached hydrogen (secondary N) is 2. The van der Waals surface area contributed by atoms with Gasteiger partial charge in [-0.1, -0.05) is 6.08 Å². The fourth-order valence-corrected chi connectivity index (χ4v) is 1.94. The first-order chi connectivity index (χ1) is 8.65. The summed E-state index contributed by atoms with van der Waals surface area (Å²) in [4.78, 5) is 25.2. The fraction of sp³-hybridized carbons (Fsp3) is 0.692. The van der Waals surface area contributed by atoms with Gasteiger partial charge in [0, 0.05) is 32.6 Å². The predicted octanol–water partition coefficient (Wildman–Crippen LogP) is 0.279. The van der Waals surface area contributed by atoms with E-state index in [2.05, 4.69) is 17.2 Å². The molecule has 1 unspecified atom stereocenters. The monoisotopic (exact) mass is 253 g/mol. The van der Waals surface area contributed by atoms with Crippen LogP contribution in [0.4, 0.5) is 0 Å². The third-order valence-electron chi connectivity index (χ3n) is 3.06. The van der Waals surface area contributed by atoms with Gasteiger partial charge in [0.05, 0.1) is 6.04 Å². The highest BCUT2D eigenvalue weighted by Crippen LogP contribution is 2.08. The highest BCUT2D eigenvalue weighted by Gasteiger charge is 2.18. The molecule has 0 bridgehead atoms. The van der Waals surface area contributed by atoms with Gasteiger partial charge in [-0.2, -0.15) is 0 Å². The molecule has 0 aromatic carbocycles. The van der Waals surface area contributed by atoms with Crippen LogP contribution in [0.3, 0.4) is 0 Å². The van der Waals surface area contributed by atoms with Crippen LogP contribution in [0, 0.1) is 0 Å². The number of amides is 2. The van der Waals surface area contributed by atoms with E-state index in [9.17, 15) is 9.59 Å². The molecule has 102 valence electrons. The number of hydrogen-bond donors (Lipinski definition) is 2. The van der Waals surface area contributed by atoms with Crippen LogP contribution in [-0.4, -0.2) is 48.9 Å². The highest BCUT2D eigenvalue weighted by atomic mass is 16.2. The lowest BCUT2D eigenvalue weighted by atomic mass is 10.3. The van der Waals surface area contributed by atoms with Gasteiger partial charge in [0.15, 0.2) is 0 Å². The fourth-order valence-electron chi connectivity index (χ4n) is 1.94. The van der Waals surface area contributed by atoms with Crippen LogP contribution < -0.4 is 10.6 Å². The summed E-state index contributed by atoms with van der Waals surface area (Å²) in [5, 5.41) is 5.76. The second-order valence-corrected chi connectivity index (χ2v) is 4.55. The van der Waals surface area contributed by atoms with Crippen molar-refractivity contribution in [2.75, 3.05) is 26.2 Å². The Morgan fingerprint density at radius 3 is 2.67 bits per heavy atom. The summed E-state index contributed by atoms with van der Waals surface area (Å²) in [5.74, 6) is 0.113. The van der Waals surface area contributed by atoms with Crippen molar-refractivity contribution >= 4 is 11.8 Å². The highest BCUT2D eigenvalue weighted by molar-refractivity contribution is 5.81. The molecule has 1 fully saturated rings. The molecule has 1 saturated heterocycles. The van der Waals surface area contributed by atoms with Crippen molar-refractivity contribution in [1.29, 1.82) is 0 Å². The lowest BCUT2D eigenvalue weighted by Gasteiger charge is -2.17. The molecule has 1 aliphatic rings. The third kappa shape index (κ3) is 4.87. The summed E-state index contributed by atoms with van der Waals surface area (Å²) < 4.78 is 0. The summed E-state index contributed by atoms with van der Waals surface area (Å²) in [5.41, 5.74) is 0. The molecule has 0 aromatic rings. The van der Waals surface area contributed by atoms with E-state index in [0.717, 1.165) is 25.9 Å². The molecule has 0 spiro atoms. The molecule has 0 radical (unpaired) electrons. The zero-order chi connectivity index (χ0) is 13.4. The summed E-state index contributed by atoms with van der Waals surface area (Å²) in [7, 11) is 0. The Kier molecular flexibility index (Phi) is 6.43. The van der Waals surface area contributed by atoms with Crippen LogP contribution in [0.2, 0.25) is 0 Å². The second kappa shape index (κ2) is 7.87. The Balaban J connectivity index is 2.14. The zero-order valence-electron chi connectivity index (χ0n) is 11.1. The Bertz CT molecular complexity index is 299. The minimum atomic E-state index is -0.281. The van der Waals surface area contributed by atoms with E-state index in [1.807, 2.05) is 4.90 Å². The van der Waals surface area contributed by atoms with Gasteiger partial charge in [-0.05, 0) is 19.8 Å². The minimum Gasteiger partial charge on any atom is -0.351 e. The van der Waals surface area contributed by atoms with Crippen LogP contribution in [-0.2, 0) is 9.59 Å². The first-order valence-corrected chi connectivity index (χ1v) is 6.55. The first-order valence-electron chi connectivity index (χ1n) is 6.55. The molecule has 1 aliphatic heterocycles. The Labute approximate surface area is 109 Å². The third-order valence-corrected chi connectivity index (χ3v) is 3.06. The summed E-state index contributed by atoms with van der Waals surface area (Å²) >= 11 is 0. The summed E-state index contributed by atoms with van der Waals surface area (Å²) in [6, 6.07) is -0.281. The normalized spacial score (nSPS) is 16.4. The van der Waals surface area contributed by atoms with Crippen molar-refractivity contribution in [2.45, 2.75) is 32.2 Å². The second-order valence-electron chi connectivity index (χ2n) is 4.55. The van der Waals surface area contributed by atoms with Crippen molar-refractivity contribution in [3.63, 3.8) is 0 Å². The predicted molar refractivity (Wildman–Crippen MR) is 71.1 cm³/mol. The number of nitrogens with zero attached hydrogens (tertiary/aromatic N) is 1. The molecule has 1 heterocycles. The molecule has 2 amide bonds. The van der Waals surface area contributed by atoms with Crippen molar-refractivity contribution in [2.24, 2.45) is 0 Å². The smallest absolute Gasteiger partial charge is 0.237 e. The number of carbonyl (C=O) groups is 2. The van der Waals surface area contributed by atoms with E-state index in [-0.39, 0.29) is 17.9 Å². The number of rotatable bonds is 7. The molecular formula is C13H23N3O2. The van der Waals surface area contributed by atoms with E-state index in [1.165, 1.54) is 0 Å². The maximum atomic E-state index is 11.7. The Morgan fingerprint density at radius 2 is 2.06 bits per heavy atom. The molecule has 5 heteroatoms. The van der Waals surface area contributed by atoms with E-state index in [0.29, 0.717) is 19.5 Å². The Morgan fingerprint density at radius 1 is 1.39 bits per heavy atom. The van der Waals surface area contributed by atoms with Crippen molar-refractivity contribution in [3.05, 3.63) is 12.7 Å². The van der Waals surface area contributed by atoms with Gasteiger partial charge in [0.1, 0.15) is 0 Å². The topological polar surface area (TPSA) is 61.4 Å². The average Bonchev–Trinajstić information content (AvgIpc) is 2.89. The van der Waals surface area contributed by atoms with Gasteiger partial charge in [0.2, 0.25) is 11.8 Å². The van der Waals surface area contributed by atoms with Crippen LogP contribution in [0.25, 0.3) is 0 Å². The molecule has 0 aliphatic carbocycles. The summed E-state index contributed by atoms with van der Waals surface area (Å²) in [6.45, 7) is 8.10. The van der Waals surface area contributed by atoms with Crippen molar-refractivity contribution in [3.8, 4) is 0 Å². The van der Waals surface area contributed by atoms with Gasteiger partial charge in [-0.3, -0.25) is 9.59 Å². The average molecular weight is 253 g/mol. The minimum absolute atomic E-state index is 0.0662. The largest absolute Gasteiger partial charge is 0.351 e. The molecule has 0 aromatic heterocycles. The van der Waals surface area contributed by atoms with Crippen molar-refractivity contribution < 1.29 is 9.59 Å². The Hall–Kier alpha value is -1.36. The maximum absolute atomic E-state index is 11.7. The molecular weight excluding hydrogens is 230 g/mol. The first kappa shape index (κ1) is 14.7. The SMILES string of the molecule is C=CCNC(=O)C(C)NCCC(=O)N1CCCC1. The number of carbonyl (C=O) groups excluding carboxylic acids is 2. The lowest BCUT2D eigenvalue weighted by molar-refractivity contribution is -0.130. The van der Waals surface area contributed by atoms with Gasteiger partial charge in [-0.25, -0.2) is 0 Å². The molecule has 18 heavy (non-hydrogen) atoms. The molecule has 0 saturated carbocycles. The van der Waals surface area contributed by atoms with Gasteiger partial charge >= 0.3 is 0 Å². The van der Waals surface area contributed by atoms with Gasteiger partial charge < -0.3 is 15.5 Å². The molecule has 1 rings (SSSR count). The number of hydrogen-bond acceptors (Lipinski definition) is 3.